The van der Waals surface area contributed by atoms with Gasteiger partial charge in [0.1, 0.15) is 11.6 Å². The number of sulfonamides is 1. The minimum atomic E-state index is -3.21. The summed E-state index contributed by atoms with van der Waals surface area (Å²) in [7, 11) is -3.21. The molecule has 1 saturated heterocycles. The highest BCUT2D eigenvalue weighted by molar-refractivity contribution is 7.88. The smallest absolute Gasteiger partial charge is 0.211 e. The molecule has 1 aliphatic rings. The molecule has 0 amide bonds. The number of pyridine rings is 1. The second-order valence-electron chi connectivity index (χ2n) is 5.58. The van der Waals surface area contributed by atoms with Gasteiger partial charge in [-0.25, -0.2) is 18.4 Å². The number of anilines is 2. The Balaban J connectivity index is 1.78. The van der Waals surface area contributed by atoms with Crippen LogP contribution < -0.4 is 5.32 Å². The average Bonchev–Trinajstić information content (AvgIpc) is 2.56. The van der Waals surface area contributed by atoms with E-state index in [2.05, 4.69) is 20.3 Å². The summed E-state index contributed by atoms with van der Waals surface area (Å²) < 4.78 is 25.5. The molecule has 1 aliphatic heterocycles. The van der Waals surface area contributed by atoms with Gasteiger partial charge in [-0.2, -0.15) is 4.31 Å². The molecule has 0 radical (unpaired) electrons. The molecular formula is C15H19N5O2S. The Bertz CT molecular complexity index is 749. The average molecular weight is 333 g/mol. The Labute approximate surface area is 135 Å². The maximum atomic E-state index is 12.0. The maximum absolute atomic E-state index is 12.0. The van der Waals surface area contributed by atoms with Gasteiger partial charge < -0.3 is 5.32 Å². The highest BCUT2D eigenvalue weighted by atomic mass is 32.2. The van der Waals surface area contributed by atoms with Crippen molar-refractivity contribution >= 4 is 21.7 Å². The van der Waals surface area contributed by atoms with E-state index in [1.165, 1.54) is 6.26 Å². The minimum Gasteiger partial charge on any atom is -0.324 e. The lowest BCUT2D eigenvalue weighted by molar-refractivity contribution is 0.257. The van der Waals surface area contributed by atoms with Crippen LogP contribution in [0.1, 0.15) is 30.9 Å². The van der Waals surface area contributed by atoms with Crippen LogP contribution in [0.3, 0.4) is 0 Å². The van der Waals surface area contributed by atoms with Gasteiger partial charge in [-0.1, -0.05) is 12.5 Å². The van der Waals surface area contributed by atoms with Crippen LogP contribution in [0.2, 0.25) is 0 Å². The standard InChI is InChI=1S/C15H19N5O2S/c1-23(21,22)20-9-3-2-4-13(20)12-5-6-14(18-10-12)19-15-11-16-7-8-17-15/h5-8,10-11,13H,2-4,9H2,1H3,(H,17,18,19)/t13-/m1/s1. The zero-order valence-corrected chi connectivity index (χ0v) is 13.7. The number of rotatable bonds is 4. The summed E-state index contributed by atoms with van der Waals surface area (Å²) >= 11 is 0. The quantitative estimate of drug-likeness (QED) is 0.922. The van der Waals surface area contributed by atoms with Crippen molar-refractivity contribution in [3.05, 3.63) is 42.5 Å². The zero-order chi connectivity index (χ0) is 16.3. The van der Waals surface area contributed by atoms with Gasteiger partial charge in [0.2, 0.25) is 10.0 Å². The Hall–Kier alpha value is -2.06. The maximum Gasteiger partial charge on any atom is 0.211 e. The molecule has 0 aliphatic carbocycles. The summed E-state index contributed by atoms with van der Waals surface area (Å²) in [6.07, 6.45) is 10.6. The molecule has 1 fully saturated rings. The lowest BCUT2D eigenvalue weighted by Crippen LogP contribution is -2.37. The first kappa shape index (κ1) is 15.8. The summed E-state index contributed by atoms with van der Waals surface area (Å²) in [5.74, 6) is 1.26. The Morgan fingerprint density at radius 2 is 2.00 bits per heavy atom. The molecule has 1 atom stereocenters. The first-order chi connectivity index (χ1) is 11.0. The number of aromatic nitrogens is 3. The van der Waals surface area contributed by atoms with E-state index >= 15 is 0 Å². The molecule has 3 heterocycles. The number of nitrogens with zero attached hydrogens (tertiary/aromatic N) is 4. The number of hydrogen-bond donors (Lipinski definition) is 1. The van der Waals surface area contributed by atoms with Crippen molar-refractivity contribution in [1.29, 1.82) is 0 Å². The molecule has 2 aromatic heterocycles. The Morgan fingerprint density at radius 1 is 1.13 bits per heavy atom. The third kappa shape index (κ3) is 3.83. The van der Waals surface area contributed by atoms with Gasteiger partial charge in [-0.15, -0.1) is 0 Å². The van der Waals surface area contributed by atoms with Crippen LogP contribution in [-0.4, -0.2) is 40.5 Å². The second-order valence-corrected chi connectivity index (χ2v) is 7.51. The summed E-state index contributed by atoms with van der Waals surface area (Å²) in [5.41, 5.74) is 0.917. The molecule has 1 N–H and O–H groups in total. The van der Waals surface area contributed by atoms with Gasteiger partial charge in [0.25, 0.3) is 0 Å². The molecule has 23 heavy (non-hydrogen) atoms. The van der Waals surface area contributed by atoms with E-state index in [1.54, 1.807) is 29.1 Å². The lowest BCUT2D eigenvalue weighted by atomic mass is 9.99. The van der Waals surface area contributed by atoms with Crippen molar-refractivity contribution in [3.63, 3.8) is 0 Å². The van der Waals surface area contributed by atoms with Crippen LogP contribution in [-0.2, 0) is 10.0 Å². The van der Waals surface area contributed by atoms with E-state index in [9.17, 15) is 8.42 Å². The molecule has 122 valence electrons. The van der Waals surface area contributed by atoms with E-state index in [1.807, 2.05) is 12.1 Å². The van der Waals surface area contributed by atoms with Crippen molar-refractivity contribution in [2.45, 2.75) is 25.3 Å². The number of hydrogen-bond acceptors (Lipinski definition) is 6. The van der Waals surface area contributed by atoms with Crippen molar-refractivity contribution in [1.82, 2.24) is 19.3 Å². The molecule has 0 saturated carbocycles. The minimum absolute atomic E-state index is 0.128. The number of nitrogens with one attached hydrogen (secondary N) is 1. The summed E-state index contributed by atoms with van der Waals surface area (Å²) in [5, 5.41) is 3.06. The molecule has 8 heteroatoms. The van der Waals surface area contributed by atoms with Gasteiger partial charge in [-0.3, -0.25) is 4.98 Å². The van der Waals surface area contributed by atoms with E-state index in [0.717, 1.165) is 24.8 Å². The van der Waals surface area contributed by atoms with Crippen LogP contribution in [0.25, 0.3) is 0 Å². The highest BCUT2D eigenvalue weighted by Gasteiger charge is 2.30. The predicted molar refractivity (Wildman–Crippen MR) is 87.7 cm³/mol. The Morgan fingerprint density at radius 3 is 2.65 bits per heavy atom. The van der Waals surface area contributed by atoms with E-state index in [4.69, 9.17) is 0 Å². The first-order valence-electron chi connectivity index (χ1n) is 7.50. The number of piperidine rings is 1. The second kappa shape index (κ2) is 6.59. The third-order valence-corrected chi connectivity index (χ3v) is 5.16. The van der Waals surface area contributed by atoms with Gasteiger partial charge in [0, 0.05) is 25.1 Å². The van der Waals surface area contributed by atoms with Gasteiger partial charge in [-0.05, 0) is 24.5 Å². The highest BCUT2D eigenvalue weighted by Crippen LogP contribution is 2.32. The molecule has 0 aromatic carbocycles. The molecule has 0 unspecified atom stereocenters. The third-order valence-electron chi connectivity index (χ3n) is 3.87. The fourth-order valence-corrected chi connectivity index (χ4v) is 3.96. The van der Waals surface area contributed by atoms with Crippen LogP contribution in [0.4, 0.5) is 11.6 Å². The fourth-order valence-electron chi connectivity index (χ4n) is 2.81. The SMILES string of the molecule is CS(=O)(=O)N1CCCC[C@@H]1c1ccc(Nc2cnccn2)nc1. The Kier molecular flexibility index (Phi) is 4.53. The van der Waals surface area contributed by atoms with Crippen molar-refractivity contribution in [2.75, 3.05) is 18.1 Å². The monoisotopic (exact) mass is 333 g/mol. The fraction of sp³-hybridized carbons (Fsp3) is 0.400. The predicted octanol–water partition coefficient (Wildman–Crippen LogP) is 2.10. The van der Waals surface area contributed by atoms with Crippen molar-refractivity contribution in [2.24, 2.45) is 0 Å². The van der Waals surface area contributed by atoms with Crippen LogP contribution in [0.15, 0.2) is 36.9 Å². The molecule has 3 rings (SSSR count). The van der Waals surface area contributed by atoms with E-state index < -0.39 is 10.0 Å². The van der Waals surface area contributed by atoms with Gasteiger partial charge in [0.05, 0.1) is 18.5 Å². The van der Waals surface area contributed by atoms with Crippen LogP contribution >= 0.6 is 0 Å². The summed E-state index contributed by atoms with van der Waals surface area (Å²) in [6.45, 7) is 0.573. The van der Waals surface area contributed by atoms with Crippen molar-refractivity contribution < 1.29 is 8.42 Å². The van der Waals surface area contributed by atoms with Crippen molar-refractivity contribution in [3.8, 4) is 0 Å². The van der Waals surface area contributed by atoms with E-state index in [0.29, 0.717) is 18.2 Å². The molecule has 0 spiro atoms. The largest absolute Gasteiger partial charge is 0.324 e. The molecule has 7 nitrogen and oxygen atoms in total. The van der Waals surface area contributed by atoms with Gasteiger partial charge in [0.15, 0.2) is 0 Å². The molecular weight excluding hydrogens is 314 g/mol. The topological polar surface area (TPSA) is 88.1 Å². The van der Waals surface area contributed by atoms with Crippen LogP contribution in [0, 0.1) is 0 Å². The lowest BCUT2D eigenvalue weighted by Gasteiger charge is -2.33. The molecule has 2 aromatic rings. The van der Waals surface area contributed by atoms with Gasteiger partial charge >= 0.3 is 0 Å². The molecule has 0 bridgehead atoms. The van der Waals surface area contributed by atoms with E-state index in [-0.39, 0.29) is 6.04 Å². The first-order valence-corrected chi connectivity index (χ1v) is 9.35. The van der Waals surface area contributed by atoms with Crippen LogP contribution in [0.5, 0.6) is 0 Å². The summed E-state index contributed by atoms with van der Waals surface area (Å²) in [6, 6.07) is 3.62. The zero-order valence-electron chi connectivity index (χ0n) is 12.9. The summed E-state index contributed by atoms with van der Waals surface area (Å²) in [4.78, 5) is 12.5. The normalized spacial score (nSPS) is 19.4.